The van der Waals surface area contributed by atoms with Crippen LogP contribution < -0.4 is 9.47 Å². The van der Waals surface area contributed by atoms with Crippen molar-refractivity contribution in [2.45, 2.75) is 19.4 Å². The fraction of sp³-hybridized carbons (Fsp3) is 0.467. The van der Waals surface area contributed by atoms with E-state index in [9.17, 15) is 14.7 Å². The van der Waals surface area contributed by atoms with E-state index in [1.165, 1.54) is 19.1 Å². The third-order valence-electron chi connectivity index (χ3n) is 3.84. The van der Waals surface area contributed by atoms with Gasteiger partial charge in [-0.1, -0.05) is 6.92 Å². The molecule has 2 atom stereocenters. The zero-order valence-electron chi connectivity index (χ0n) is 12.3. The highest BCUT2D eigenvalue weighted by molar-refractivity contribution is 5.97. The van der Waals surface area contributed by atoms with E-state index in [0.29, 0.717) is 30.0 Å². The summed E-state index contributed by atoms with van der Waals surface area (Å²) in [6, 6.07) is 4.06. The standard InChI is InChI=1S/C15H19NO5/c1-9-6-7-16(13(9)15(18)19)14(17)10-4-5-11(20-2)12(8-10)21-3/h4-5,8-9,13H,6-7H2,1-3H3,(H,18,19). The number of methoxy groups -OCH3 is 2. The van der Waals surface area contributed by atoms with Crippen molar-refractivity contribution in [3.63, 3.8) is 0 Å². The van der Waals surface area contributed by atoms with Gasteiger partial charge in [-0.25, -0.2) is 4.79 Å². The van der Waals surface area contributed by atoms with Gasteiger partial charge < -0.3 is 19.5 Å². The lowest BCUT2D eigenvalue weighted by Crippen LogP contribution is -2.42. The summed E-state index contributed by atoms with van der Waals surface area (Å²) in [5.74, 6) is -0.339. The number of carboxylic acid groups (broad SMARTS) is 1. The number of benzene rings is 1. The van der Waals surface area contributed by atoms with Crippen molar-refractivity contribution in [2.24, 2.45) is 5.92 Å². The smallest absolute Gasteiger partial charge is 0.326 e. The Bertz CT molecular complexity index is 557. The summed E-state index contributed by atoms with van der Waals surface area (Å²) >= 11 is 0. The maximum Gasteiger partial charge on any atom is 0.326 e. The first-order valence-electron chi connectivity index (χ1n) is 6.75. The minimum atomic E-state index is -0.964. The summed E-state index contributed by atoms with van der Waals surface area (Å²) in [4.78, 5) is 25.3. The van der Waals surface area contributed by atoms with Crippen molar-refractivity contribution in [1.82, 2.24) is 4.90 Å². The zero-order chi connectivity index (χ0) is 15.6. The molecule has 6 nitrogen and oxygen atoms in total. The number of hydrogen-bond donors (Lipinski definition) is 1. The summed E-state index contributed by atoms with van der Waals surface area (Å²) < 4.78 is 10.3. The van der Waals surface area contributed by atoms with Gasteiger partial charge in [0.2, 0.25) is 0 Å². The average molecular weight is 293 g/mol. The van der Waals surface area contributed by atoms with Gasteiger partial charge >= 0.3 is 5.97 Å². The summed E-state index contributed by atoms with van der Waals surface area (Å²) in [7, 11) is 3.01. The van der Waals surface area contributed by atoms with Crippen LogP contribution in [0.15, 0.2) is 18.2 Å². The number of carbonyl (C=O) groups excluding carboxylic acids is 1. The van der Waals surface area contributed by atoms with Gasteiger partial charge in [0.25, 0.3) is 5.91 Å². The number of ether oxygens (including phenoxy) is 2. The number of carboxylic acids is 1. The predicted octanol–water partition coefficient (Wildman–Crippen LogP) is 1.64. The molecule has 1 saturated heterocycles. The molecule has 21 heavy (non-hydrogen) atoms. The quantitative estimate of drug-likeness (QED) is 0.913. The molecule has 1 N–H and O–H groups in total. The molecule has 0 aliphatic carbocycles. The number of amides is 1. The summed E-state index contributed by atoms with van der Waals surface area (Å²) in [6.45, 7) is 2.30. The van der Waals surface area contributed by atoms with E-state index in [1.807, 2.05) is 6.92 Å². The molecule has 2 unspecified atom stereocenters. The van der Waals surface area contributed by atoms with Crippen LogP contribution in [-0.2, 0) is 4.79 Å². The molecule has 1 fully saturated rings. The lowest BCUT2D eigenvalue weighted by molar-refractivity contribution is -0.142. The second kappa shape index (κ2) is 6.03. The van der Waals surface area contributed by atoms with Crippen LogP contribution in [0, 0.1) is 5.92 Å². The molecule has 1 aromatic carbocycles. The predicted molar refractivity (Wildman–Crippen MR) is 75.8 cm³/mol. The Hall–Kier alpha value is -2.24. The van der Waals surface area contributed by atoms with Gasteiger partial charge in [-0.2, -0.15) is 0 Å². The Kier molecular flexibility index (Phi) is 4.35. The monoisotopic (exact) mass is 293 g/mol. The molecule has 6 heteroatoms. The van der Waals surface area contributed by atoms with Crippen LogP contribution >= 0.6 is 0 Å². The van der Waals surface area contributed by atoms with E-state index >= 15 is 0 Å². The highest BCUT2D eigenvalue weighted by Crippen LogP contribution is 2.30. The second-order valence-electron chi connectivity index (χ2n) is 5.12. The summed E-state index contributed by atoms with van der Waals surface area (Å²) in [6.07, 6.45) is 0.690. The number of nitrogens with zero attached hydrogens (tertiary/aromatic N) is 1. The van der Waals surface area contributed by atoms with Gasteiger partial charge in [0.05, 0.1) is 14.2 Å². The number of rotatable bonds is 4. The van der Waals surface area contributed by atoms with E-state index in [-0.39, 0.29) is 11.8 Å². The Balaban J connectivity index is 2.29. The van der Waals surface area contributed by atoms with Crippen LogP contribution in [-0.4, -0.2) is 48.7 Å². The van der Waals surface area contributed by atoms with Crippen LogP contribution in [0.2, 0.25) is 0 Å². The van der Waals surface area contributed by atoms with Crippen molar-refractivity contribution in [3.8, 4) is 11.5 Å². The van der Waals surface area contributed by atoms with E-state index in [0.717, 1.165) is 0 Å². The first kappa shape index (κ1) is 15.2. The lowest BCUT2D eigenvalue weighted by atomic mass is 10.0. The topological polar surface area (TPSA) is 76.1 Å². The van der Waals surface area contributed by atoms with E-state index in [4.69, 9.17) is 9.47 Å². The molecule has 0 spiro atoms. The van der Waals surface area contributed by atoms with E-state index in [1.54, 1.807) is 18.2 Å². The van der Waals surface area contributed by atoms with E-state index < -0.39 is 12.0 Å². The third kappa shape index (κ3) is 2.79. The normalized spacial score (nSPS) is 21.2. The molecule has 0 aromatic heterocycles. The number of aliphatic carboxylic acids is 1. The Morgan fingerprint density at radius 2 is 1.90 bits per heavy atom. The van der Waals surface area contributed by atoms with Crippen LogP contribution in [0.5, 0.6) is 11.5 Å². The maximum absolute atomic E-state index is 12.5. The van der Waals surface area contributed by atoms with Gasteiger partial charge in [-0.3, -0.25) is 4.79 Å². The van der Waals surface area contributed by atoms with Crippen molar-refractivity contribution in [3.05, 3.63) is 23.8 Å². The molecule has 1 aliphatic heterocycles. The average Bonchev–Trinajstić information content (AvgIpc) is 2.87. The van der Waals surface area contributed by atoms with Gasteiger partial charge in [-0.05, 0) is 30.5 Å². The molecule has 1 amide bonds. The lowest BCUT2D eigenvalue weighted by Gasteiger charge is -2.23. The maximum atomic E-state index is 12.5. The zero-order valence-corrected chi connectivity index (χ0v) is 12.3. The largest absolute Gasteiger partial charge is 0.493 e. The minimum absolute atomic E-state index is 0.0495. The molecule has 1 aliphatic rings. The van der Waals surface area contributed by atoms with Crippen LogP contribution in [0.1, 0.15) is 23.7 Å². The molecule has 0 saturated carbocycles. The first-order valence-corrected chi connectivity index (χ1v) is 6.75. The SMILES string of the molecule is COc1ccc(C(=O)N2CCC(C)C2C(=O)O)cc1OC. The first-order chi connectivity index (χ1) is 9.99. The van der Waals surface area contributed by atoms with Crippen LogP contribution in [0.4, 0.5) is 0 Å². The summed E-state index contributed by atoms with van der Waals surface area (Å²) in [5, 5.41) is 9.29. The molecule has 0 radical (unpaired) electrons. The molecule has 114 valence electrons. The van der Waals surface area contributed by atoms with Crippen molar-refractivity contribution >= 4 is 11.9 Å². The highest BCUT2D eigenvalue weighted by Gasteiger charge is 2.39. The molecular weight excluding hydrogens is 274 g/mol. The second-order valence-corrected chi connectivity index (χ2v) is 5.12. The molecule has 1 heterocycles. The number of hydrogen-bond acceptors (Lipinski definition) is 4. The highest BCUT2D eigenvalue weighted by atomic mass is 16.5. The Morgan fingerprint density at radius 1 is 1.24 bits per heavy atom. The molecule has 1 aromatic rings. The third-order valence-corrected chi connectivity index (χ3v) is 3.84. The van der Waals surface area contributed by atoms with E-state index in [2.05, 4.69) is 0 Å². The number of likely N-dealkylation sites (tertiary alicyclic amines) is 1. The molecular formula is C15H19NO5. The van der Waals surface area contributed by atoms with Gasteiger partial charge in [0.15, 0.2) is 11.5 Å². The minimum Gasteiger partial charge on any atom is -0.493 e. The van der Waals surface area contributed by atoms with Crippen LogP contribution in [0.3, 0.4) is 0 Å². The van der Waals surface area contributed by atoms with Gasteiger partial charge in [0, 0.05) is 12.1 Å². The summed E-state index contributed by atoms with van der Waals surface area (Å²) in [5.41, 5.74) is 0.396. The Morgan fingerprint density at radius 3 is 2.48 bits per heavy atom. The van der Waals surface area contributed by atoms with Crippen LogP contribution in [0.25, 0.3) is 0 Å². The Labute approximate surface area is 123 Å². The van der Waals surface area contributed by atoms with Crippen molar-refractivity contribution in [2.75, 3.05) is 20.8 Å². The fourth-order valence-corrected chi connectivity index (χ4v) is 2.69. The van der Waals surface area contributed by atoms with Crippen molar-refractivity contribution < 1.29 is 24.2 Å². The van der Waals surface area contributed by atoms with Gasteiger partial charge in [-0.15, -0.1) is 0 Å². The van der Waals surface area contributed by atoms with Crippen molar-refractivity contribution in [1.29, 1.82) is 0 Å². The fourth-order valence-electron chi connectivity index (χ4n) is 2.69. The molecule has 2 rings (SSSR count). The molecule has 0 bridgehead atoms. The number of carbonyl (C=O) groups is 2. The van der Waals surface area contributed by atoms with Gasteiger partial charge in [0.1, 0.15) is 6.04 Å².